The molecule has 0 fully saturated rings. The Bertz CT molecular complexity index is 1540. The Labute approximate surface area is 207 Å². The largest absolute Gasteiger partial charge is 0.451 e. The molecule has 0 unspecified atom stereocenters. The van der Waals surface area contributed by atoms with Crippen LogP contribution in [0.3, 0.4) is 0 Å². The summed E-state index contributed by atoms with van der Waals surface area (Å²) >= 11 is 13.7. The lowest BCUT2D eigenvalue weighted by atomic mass is 9.84. The second kappa shape index (κ2) is 8.68. The highest BCUT2D eigenvalue weighted by Crippen LogP contribution is 2.36. The number of anilines is 1. The van der Waals surface area contributed by atoms with Crippen LogP contribution < -0.4 is 5.32 Å². The molecule has 0 saturated carbocycles. The summed E-state index contributed by atoms with van der Waals surface area (Å²) in [6.07, 6.45) is 0. The van der Waals surface area contributed by atoms with Crippen molar-refractivity contribution in [2.75, 3.05) is 11.9 Å². The molecule has 0 atom stereocenters. The summed E-state index contributed by atoms with van der Waals surface area (Å²) in [5, 5.41) is 3.60. The molecule has 3 aromatic carbocycles. The quantitative estimate of drug-likeness (QED) is 0.310. The first-order valence-corrected chi connectivity index (χ1v) is 11.6. The highest BCUT2D eigenvalue weighted by molar-refractivity contribution is 7.21. The van der Waals surface area contributed by atoms with Crippen LogP contribution in [0.5, 0.6) is 0 Å². The summed E-state index contributed by atoms with van der Waals surface area (Å²) in [6.45, 7) is -0.591. The van der Waals surface area contributed by atoms with Crippen LogP contribution in [0, 0.1) is 0 Å². The van der Waals surface area contributed by atoms with Gasteiger partial charge in [-0.3, -0.25) is 14.4 Å². The summed E-state index contributed by atoms with van der Waals surface area (Å²) in [6, 6.07) is 16.5. The number of ether oxygens (including phenoxy) is 1. The van der Waals surface area contributed by atoms with Crippen molar-refractivity contribution in [3.63, 3.8) is 0 Å². The van der Waals surface area contributed by atoms with Gasteiger partial charge in [0.25, 0.3) is 5.91 Å². The number of carbonyl (C=O) groups is 4. The lowest BCUT2D eigenvalue weighted by Gasteiger charge is -2.19. The van der Waals surface area contributed by atoms with Gasteiger partial charge in [-0.1, -0.05) is 65.7 Å². The smallest absolute Gasteiger partial charge is 0.350 e. The lowest BCUT2D eigenvalue weighted by molar-refractivity contribution is -0.119. The van der Waals surface area contributed by atoms with E-state index in [2.05, 4.69) is 5.32 Å². The monoisotopic (exact) mass is 509 g/mol. The maximum atomic E-state index is 12.9. The zero-order valence-electron chi connectivity index (χ0n) is 17.2. The predicted octanol–water partition coefficient (Wildman–Crippen LogP) is 5.78. The van der Waals surface area contributed by atoms with Crippen molar-refractivity contribution in [3.05, 3.63) is 97.8 Å². The van der Waals surface area contributed by atoms with E-state index in [1.54, 1.807) is 30.3 Å². The van der Waals surface area contributed by atoms with E-state index >= 15 is 0 Å². The van der Waals surface area contributed by atoms with E-state index in [9.17, 15) is 19.2 Å². The number of carbonyl (C=O) groups excluding carboxylic acids is 4. The number of ketones is 2. The van der Waals surface area contributed by atoms with E-state index in [1.807, 2.05) is 18.2 Å². The minimum absolute atomic E-state index is 0.0755. The number of thiophene rings is 1. The van der Waals surface area contributed by atoms with Gasteiger partial charge in [-0.05, 0) is 18.2 Å². The van der Waals surface area contributed by atoms with Gasteiger partial charge in [0, 0.05) is 32.3 Å². The highest BCUT2D eigenvalue weighted by atomic mass is 35.5. The molecule has 1 aromatic heterocycles. The number of fused-ring (bicyclic) bond motifs is 3. The molecule has 0 aliphatic heterocycles. The first-order chi connectivity index (χ1) is 16.3. The molecular weight excluding hydrogens is 497 g/mol. The standard InChI is InChI=1S/C25H13Cl2NO5S/c26-17-9-15-16(23(31)13-6-2-1-5-12(13)22(15)30)10-18(17)28-20(29)11-33-25(32)24-21(27)14-7-3-4-8-19(14)34-24/h1-10H,11H2,(H,28,29). The minimum Gasteiger partial charge on any atom is -0.451 e. The summed E-state index contributed by atoms with van der Waals surface area (Å²) in [7, 11) is 0. The normalized spacial score (nSPS) is 12.3. The molecule has 1 aliphatic carbocycles. The molecule has 0 bridgehead atoms. The van der Waals surface area contributed by atoms with E-state index in [-0.39, 0.29) is 48.9 Å². The van der Waals surface area contributed by atoms with E-state index < -0.39 is 18.5 Å². The number of esters is 1. The first kappa shape index (κ1) is 22.3. The molecule has 1 amide bonds. The van der Waals surface area contributed by atoms with Gasteiger partial charge in [0.1, 0.15) is 4.88 Å². The van der Waals surface area contributed by atoms with E-state index in [0.29, 0.717) is 5.56 Å². The van der Waals surface area contributed by atoms with Crippen molar-refractivity contribution in [2.24, 2.45) is 0 Å². The van der Waals surface area contributed by atoms with Crippen LogP contribution in [0.15, 0.2) is 60.7 Å². The van der Waals surface area contributed by atoms with Crippen LogP contribution in [0.1, 0.15) is 41.5 Å². The third-order valence-corrected chi connectivity index (χ3v) is 7.31. The Morgan fingerprint density at radius 1 is 0.853 bits per heavy atom. The fourth-order valence-electron chi connectivity index (χ4n) is 3.74. The molecule has 1 heterocycles. The van der Waals surface area contributed by atoms with Gasteiger partial charge < -0.3 is 10.1 Å². The molecule has 5 rings (SSSR count). The number of rotatable bonds is 4. The van der Waals surface area contributed by atoms with Crippen molar-refractivity contribution >= 4 is 73.8 Å². The third kappa shape index (κ3) is 3.77. The first-order valence-electron chi connectivity index (χ1n) is 10.0. The average Bonchev–Trinajstić information content (AvgIpc) is 3.18. The molecule has 1 N–H and O–H groups in total. The molecule has 6 nitrogen and oxygen atoms in total. The highest BCUT2D eigenvalue weighted by Gasteiger charge is 2.30. The van der Waals surface area contributed by atoms with Gasteiger partial charge in [-0.25, -0.2) is 4.79 Å². The van der Waals surface area contributed by atoms with Gasteiger partial charge in [-0.15, -0.1) is 11.3 Å². The molecule has 34 heavy (non-hydrogen) atoms. The summed E-state index contributed by atoms with van der Waals surface area (Å²) < 4.78 is 5.95. The average molecular weight is 510 g/mol. The van der Waals surface area contributed by atoms with Crippen molar-refractivity contribution in [2.45, 2.75) is 0 Å². The maximum absolute atomic E-state index is 12.9. The third-order valence-electron chi connectivity index (χ3n) is 5.34. The van der Waals surface area contributed by atoms with Crippen LogP contribution in [0.4, 0.5) is 5.69 Å². The van der Waals surface area contributed by atoms with Crippen LogP contribution in [0.25, 0.3) is 10.1 Å². The zero-order valence-corrected chi connectivity index (χ0v) is 19.5. The fraction of sp³-hybridized carbons (Fsp3) is 0.0400. The number of nitrogens with one attached hydrogen (secondary N) is 1. The van der Waals surface area contributed by atoms with Crippen LogP contribution in [-0.2, 0) is 9.53 Å². The topological polar surface area (TPSA) is 89.5 Å². The van der Waals surface area contributed by atoms with Crippen LogP contribution in [0.2, 0.25) is 10.0 Å². The number of hydrogen-bond acceptors (Lipinski definition) is 6. The van der Waals surface area contributed by atoms with Gasteiger partial charge in [0.2, 0.25) is 0 Å². The lowest BCUT2D eigenvalue weighted by Crippen LogP contribution is -2.23. The molecule has 0 saturated heterocycles. The molecular formula is C25H13Cl2NO5S. The van der Waals surface area contributed by atoms with Gasteiger partial charge >= 0.3 is 5.97 Å². The predicted molar refractivity (Wildman–Crippen MR) is 131 cm³/mol. The van der Waals surface area contributed by atoms with Crippen molar-refractivity contribution in [1.82, 2.24) is 0 Å². The second-order valence-electron chi connectivity index (χ2n) is 7.45. The van der Waals surface area contributed by atoms with Gasteiger partial charge in [0.15, 0.2) is 18.2 Å². The van der Waals surface area contributed by atoms with Crippen molar-refractivity contribution in [3.8, 4) is 0 Å². The SMILES string of the molecule is O=C(COC(=O)c1sc2ccccc2c1Cl)Nc1cc2c(cc1Cl)C(=O)c1ccccc1C2=O. The van der Waals surface area contributed by atoms with Crippen LogP contribution in [-0.4, -0.2) is 30.0 Å². The number of benzene rings is 3. The molecule has 0 radical (unpaired) electrons. The van der Waals surface area contributed by atoms with E-state index in [0.717, 1.165) is 10.1 Å². The molecule has 168 valence electrons. The number of amides is 1. The van der Waals surface area contributed by atoms with Gasteiger partial charge in [-0.2, -0.15) is 0 Å². The maximum Gasteiger partial charge on any atom is 0.350 e. The molecule has 9 heteroatoms. The Hall–Kier alpha value is -3.52. The number of halogens is 2. The fourth-order valence-corrected chi connectivity index (χ4v) is 5.36. The summed E-state index contributed by atoms with van der Waals surface area (Å²) in [5.41, 5.74) is 1.02. The van der Waals surface area contributed by atoms with Gasteiger partial charge in [0.05, 0.1) is 15.7 Å². The Morgan fingerprint density at radius 2 is 1.47 bits per heavy atom. The molecule has 4 aromatic rings. The second-order valence-corrected chi connectivity index (χ2v) is 9.28. The van der Waals surface area contributed by atoms with Crippen molar-refractivity contribution in [1.29, 1.82) is 0 Å². The Balaban J connectivity index is 1.32. The van der Waals surface area contributed by atoms with E-state index in [4.69, 9.17) is 27.9 Å². The van der Waals surface area contributed by atoms with E-state index in [1.165, 1.54) is 23.5 Å². The molecule has 1 aliphatic rings. The summed E-state index contributed by atoms with van der Waals surface area (Å²) in [4.78, 5) is 50.8. The summed E-state index contributed by atoms with van der Waals surface area (Å²) in [5.74, 6) is -2.06. The number of hydrogen-bond donors (Lipinski definition) is 1. The minimum atomic E-state index is -0.727. The van der Waals surface area contributed by atoms with Crippen LogP contribution >= 0.6 is 34.5 Å². The Kier molecular flexibility index (Phi) is 5.69. The zero-order chi connectivity index (χ0) is 24.0. The Morgan fingerprint density at radius 3 is 2.15 bits per heavy atom. The van der Waals surface area contributed by atoms with Crippen molar-refractivity contribution < 1.29 is 23.9 Å². The molecule has 0 spiro atoms.